The number of halogens is 2. The van der Waals surface area contributed by atoms with Crippen LogP contribution in [0.5, 0.6) is 5.75 Å². The zero-order valence-electron chi connectivity index (χ0n) is 11.0. The molecule has 1 heterocycles. The molecule has 0 saturated heterocycles. The van der Waals surface area contributed by atoms with E-state index in [0.29, 0.717) is 17.7 Å². The summed E-state index contributed by atoms with van der Waals surface area (Å²) in [6, 6.07) is 6.89. The number of benzene rings is 1. The van der Waals surface area contributed by atoms with Gasteiger partial charge in [-0.2, -0.15) is 5.10 Å². The Balaban J connectivity index is 2.18. The number of rotatable bonds is 5. The Morgan fingerprint density at radius 3 is 2.89 bits per heavy atom. The number of ether oxygens (including phenoxy) is 1. The Kier molecular flexibility index (Phi) is 4.58. The molecule has 0 aliphatic heterocycles. The molecule has 2 rings (SSSR count). The summed E-state index contributed by atoms with van der Waals surface area (Å²) < 4.78 is 21.3. The van der Waals surface area contributed by atoms with Crippen molar-refractivity contribution < 1.29 is 9.13 Å². The van der Waals surface area contributed by atoms with E-state index in [-0.39, 0.29) is 5.82 Å². The van der Waals surface area contributed by atoms with Crippen LogP contribution < -0.4 is 4.74 Å². The highest BCUT2D eigenvalue weighted by Crippen LogP contribution is 2.25. The second-order valence-electron chi connectivity index (χ2n) is 4.24. The molecule has 19 heavy (non-hydrogen) atoms. The molecular weight excluding hydrogens is 311 g/mol. The summed E-state index contributed by atoms with van der Waals surface area (Å²) in [5.74, 6) is -0.0304. The number of hydrogen-bond acceptors (Lipinski definition) is 2. The summed E-state index contributed by atoms with van der Waals surface area (Å²) in [7, 11) is 0. The van der Waals surface area contributed by atoms with E-state index in [9.17, 15) is 4.39 Å². The third kappa shape index (κ3) is 3.15. The lowest BCUT2D eigenvalue weighted by Gasteiger charge is -2.11. The predicted molar refractivity (Wildman–Crippen MR) is 76.0 cm³/mol. The summed E-state index contributed by atoms with van der Waals surface area (Å²) in [6.45, 7) is 5.04. The second kappa shape index (κ2) is 6.19. The molecule has 0 aliphatic rings. The molecule has 0 atom stereocenters. The van der Waals surface area contributed by atoms with Crippen LogP contribution in [0, 0.1) is 12.7 Å². The van der Waals surface area contributed by atoms with E-state index >= 15 is 0 Å². The molecule has 0 unspecified atom stereocenters. The SMILES string of the molecule is CCn1nc(C)cc1COc1c(F)cccc1CBr. The highest BCUT2D eigenvalue weighted by molar-refractivity contribution is 9.08. The van der Waals surface area contributed by atoms with Crippen molar-refractivity contribution in [2.75, 3.05) is 0 Å². The fraction of sp³-hybridized carbons (Fsp3) is 0.357. The molecule has 3 nitrogen and oxygen atoms in total. The van der Waals surface area contributed by atoms with E-state index in [1.807, 2.05) is 30.7 Å². The first kappa shape index (κ1) is 14.1. The first-order valence-corrected chi connectivity index (χ1v) is 7.27. The molecule has 0 aliphatic carbocycles. The van der Waals surface area contributed by atoms with E-state index in [1.54, 1.807) is 6.07 Å². The fourth-order valence-electron chi connectivity index (χ4n) is 1.96. The number of alkyl halides is 1. The zero-order chi connectivity index (χ0) is 13.8. The van der Waals surface area contributed by atoms with Gasteiger partial charge in [0.05, 0.1) is 11.4 Å². The molecule has 5 heteroatoms. The van der Waals surface area contributed by atoms with Gasteiger partial charge < -0.3 is 4.74 Å². The number of aromatic nitrogens is 2. The van der Waals surface area contributed by atoms with Crippen molar-refractivity contribution in [3.05, 3.63) is 47.0 Å². The molecular formula is C14H16BrFN2O. The van der Waals surface area contributed by atoms with Crippen LogP contribution in [0.2, 0.25) is 0 Å². The summed E-state index contributed by atoms with van der Waals surface area (Å²) in [5.41, 5.74) is 2.69. The van der Waals surface area contributed by atoms with Crippen molar-refractivity contribution in [1.82, 2.24) is 9.78 Å². The van der Waals surface area contributed by atoms with E-state index < -0.39 is 0 Å². The van der Waals surface area contributed by atoms with Crippen LogP contribution in [-0.4, -0.2) is 9.78 Å². The molecule has 1 aromatic carbocycles. The Bertz CT molecular complexity index is 569. The standard InChI is InChI=1S/C14H16BrFN2O/c1-3-18-12(7-10(2)17-18)9-19-14-11(8-15)5-4-6-13(14)16/h4-7H,3,8-9H2,1-2H3. The van der Waals surface area contributed by atoms with Gasteiger partial charge in [0.1, 0.15) is 6.61 Å². The van der Waals surface area contributed by atoms with Crippen molar-refractivity contribution in [2.45, 2.75) is 32.3 Å². The van der Waals surface area contributed by atoms with Crippen molar-refractivity contribution in [3.63, 3.8) is 0 Å². The van der Waals surface area contributed by atoms with E-state index in [2.05, 4.69) is 21.0 Å². The molecule has 2 aromatic rings. The van der Waals surface area contributed by atoms with Crippen LogP contribution in [0.25, 0.3) is 0 Å². The van der Waals surface area contributed by atoms with Crippen molar-refractivity contribution in [1.29, 1.82) is 0 Å². The Morgan fingerprint density at radius 1 is 1.42 bits per heavy atom. The van der Waals surface area contributed by atoms with Gasteiger partial charge in [0.15, 0.2) is 11.6 Å². The Morgan fingerprint density at radius 2 is 2.21 bits per heavy atom. The van der Waals surface area contributed by atoms with Crippen LogP contribution >= 0.6 is 15.9 Å². The minimum atomic E-state index is -0.337. The maximum Gasteiger partial charge on any atom is 0.165 e. The minimum Gasteiger partial charge on any atom is -0.484 e. The molecule has 0 amide bonds. The van der Waals surface area contributed by atoms with Gasteiger partial charge in [0, 0.05) is 17.4 Å². The third-order valence-electron chi connectivity index (χ3n) is 2.84. The van der Waals surface area contributed by atoms with Gasteiger partial charge in [-0.15, -0.1) is 0 Å². The van der Waals surface area contributed by atoms with E-state index in [1.165, 1.54) is 6.07 Å². The lowest BCUT2D eigenvalue weighted by molar-refractivity contribution is 0.276. The normalized spacial score (nSPS) is 10.7. The summed E-state index contributed by atoms with van der Waals surface area (Å²) in [4.78, 5) is 0. The number of aryl methyl sites for hydroxylation is 2. The average Bonchev–Trinajstić information content (AvgIpc) is 2.77. The minimum absolute atomic E-state index is 0.306. The van der Waals surface area contributed by atoms with Crippen LogP contribution in [0.1, 0.15) is 23.9 Å². The van der Waals surface area contributed by atoms with Gasteiger partial charge in [0.2, 0.25) is 0 Å². The number of hydrogen-bond donors (Lipinski definition) is 0. The molecule has 0 radical (unpaired) electrons. The summed E-state index contributed by atoms with van der Waals surface area (Å²) >= 11 is 3.34. The van der Waals surface area contributed by atoms with Crippen LogP contribution in [0.3, 0.4) is 0 Å². The summed E-state index contributed by atoms with van der Waals surface area (Å²) in [6.07, 6.45) is 0. The molecule has 0 N–H and O–H groups in total. The largest absolute Gasteiger partial charge is 0.484 e. The van der Waals surface area contributed by atoms with E-state index in [0.717, 1.165) is 23.5 Å². The highest BCUT2D eigenvalue weighted by Gasteiger charge is 2.11. The van der Waals surface area contributed by atoms with Crippen LogP contribution in [0.15, 0.2) is 24.3 Å². The second-order valence-corrected chi connectivity index (χ2v) is 4.80. The fourth-order valence-corrected chi connectivity index (χ4v) is 2.40. The lowest BCUT2D eigenvalue weighted by atomic mass is 10.2. The van der Waals surface area contributed by atoms with Gasteiger partial charge in [-0.1, -0.05) is 28.1 Å². The Hall–Kier alpha value is -1.36. The average molecular weight is 327 g/mol. The molecule has 1 aromatic heterocycles. The van der Waals surface area contributed by atoms with E-state index in [4.69, 9.17) is 4.74 Å². The van der Waals surface area contributed by atoms with Gasteiger partial charge >= 0.3 is 0 Å². The molecule has 0 spiro atoms. The topological polar surface area (TPSA) is 27.1 Å². The van der Waals surface area contributed by atoms with Crippen LogP contribution in [0.4, 0.5) is 4.39 Å². The molecule has 0 bridgehead atoms. The van der Waals surface area contributed by atoms with Crippen molar-refractivity contribution >= 4 is 15.9 Å². The maximum atomic E-state index is 13.8. The van der Waals surface area contributed by atoms with Crippen molar-refractivity contribution in [3.8, 4) is 5.75 Å². The first-order chi connectivity index (χ1) is 9.15. The lowest BCUT2D eigenvalue weighted by Crippen LogP contribution is -2.07. The van der Waals surface area contributed by atoms with Gasteiger partial charge in [0.25, 0.3) is 0 Å². The smallest absolute Gasteiger partial charge is 0.165 e. The molecule has 0 saturated carbocycles. The molecule has 0 fully saturated rings. The quantitative estimate of drug-likeness (QED) is 0.781. The predicted octanol–water partition coefficient (Wildman–Crippen LogP) is 3.82. The Labute approximate surface area is 120 Å². The van der Waals surface area contributed by atoms with Crippen LogP contribution in [-0.2, 0) is 18.5 Å². The monoisotopic (exact) mass is 326 g/mol. The number of nitrogens with zero attached hydrogens (tertiary/aromatic N) is 2. The summed E-state index contributed by atoms with van der Waals surface area (Å²) in [5, 5.41) is 4.90. The zero-order valence-corrected chi connectivity index (χ0v) is 12.6. The van der Waals surface area contributed by atoms with Gasteiger partial charge in [-0.25, -0.2) is 4.39 Å². The highest BCUT2D eigenvalue weighted by atomic mass is 79.9. The third-order valence-corrected chi connectivity index (χ3v) is 3.45. The maximum absolute atomic E-state index is 13.8. The first-order valence-electron chi connectivity index (χ1n) is 6.15. The van der Waals surface area contributed by atoms with Gasteiger partial charge in [-0.3, -0.25) is 4.68 Å². The molecule has 102 valence electrons. The van der Waals surface area contributed by atoms with Gasteiger partial charge in [-0.05, 0) is 26.0 Å². The van der Waals surface area contributed by atoms with Crippen molar-refractivity contribution in [2.24, 2.45) is 0 Å². The number of para-hydroxylation sites is 1.